The normalized spacial score (nSPS) is 12.5. The Kier molecular flexibility index (Phi) is 60.7. The molecule has 0 saturated heterocycles. The largest absolute Gasteiger partial charge is 0.462 e. The maximum absolute atomic E-state index is 12.9. The van der Waals surface area contributed by atoms with Crippen molar-refractivity contribution in [1.82, 2.24) is 0 Å². The van der Waals surface area contributed by atoms with Crippen LogP contribution < -0.4 is 0 Å². The fourth-order valence-corrected chi connectivity index (χ4v) is 9.35. The first-order valence-corrected chi connectivity index (χ1v) is 32.4. The molecule has 0 aromatic heterocycles. The smallest absolute Gasteiger partial charge is 0.306 e. The molecule has 0 aromatic rings. The molecule has 0 aromatic carbocycles. The molecule has 1 unspecified atom stereocenters. The molecule has 0 rings (SSSR count). The van der Waals surface area contributed by atoms with Crippen molar-refractivity contribution in [2.24, 2.45) is 0 Å². The monoisotopic (exact) mass is 1050 g/mol. The third kappa shape index (κ3) is 61.6. The fraction of sp³-hybridized carbons (Fsp3) is 0.783. The SMILES string of the molecule is CC/C=C\C/C=C\C/C=C\C/C=C\CCCCCCCCCCCCCCCCCCCCC(=O)OCC(COC(=O)CCCCCCCCCCCCC)OC(=O)CCCCCCC/C=C\C/C=C\CCCCC. The Morgan fingerprint density at radius 1 is 0.280 bits per heavy atom. The van der Waals surface area contributed by atoms with Gasteiger partial charge in [0.2, 0.25) is 0 Å². The van der Waals surface area contributed by atoms with Crippen molar-refractivity contribution in [3.63, 3.8) is 0 Å². The van der Waals surface area contributed by atoms with Gasteiger partial charge < -0.3 is 14.2 Å². The van der Waals surface area contributed by atoms with Crippen LogP contribution in [0.15, 0.2) is 72.9 Å². The van der Waals surface area contributed by atoms with Gasteiger partial charge >= 0.3 is 17.9 Å². The molecular formula is C69H122O6. The van der Waals surface area contributed by atoms with Gasteiger partial charge in [0.25, 0.3) is 0 Å². The van der Waals surface area contributed by atoms with E-state index in [1.807, 2.05) is 0 Å². The molecule has 0 saturated carbocycles. The second-order valence-corrected chi connectivity index (χ2v) is 21.6. The number of hydrogen-bond donors (Lipinski definition) is 0. The molecule has 6 heteroatoms. The summed E-state index contributed by atoms with van der Waals surface area (Å²) in [4.78, 5) is 38.2. The highest BCUT2D eigenvalue weighted by Crippen LogP contribution is 2.17. The van der Waals surface area contributed by atoms with Gasteiger partial charge in [0.05, 0.1) is 0 Å². The summed E-state index contributed by atoms with van der Waals surface area (Å²) in [7, 11) is 0. The van der Waals surface area contributed by atoms with Crippen molar-refractivity contribution < 1.29 is 28.6 Å². The van der Waals surface area contributed by atoms with Crippen LogP contribution in [0.4, 0.5) is 0 Å². The predicted molar refractivity (Wildman–Crippen MR) is 325 cm³/mol. The first kappa shape index (κ1) is 71.8. The Morgan fingerprint density at radius 3 is 0.840 bits per heavy atom. The number of rotatable bonds is 59. The molecule has 0 N–H and O–H groups in total. The summed E-state index contributed by atoms with van der Waals surface area (Å²) in [6.07, 6.45) is 82.1. The second kappa shape index (κ2) is 63.4. The number of unbranched alkanes of at least 4 members (excludes halogenated alkanes) is 36. The Labute approximate surface area is 465 Å². The van der Waals surface area contributed by atoms with Gasteiger partial charge in [-0.1, -0.05) is 293 Å². The molecular weight excluding hydrogens is 925 g/mol. The zero-order chi connectivity index (χ0) is 54.3. The lowest BCUT2D eigenvalue weighted by Crippen LogP contribution is -2.30. The standard InChI is InChI=1S/C69H122O6/c1-4-7-10-13-16-19-22-24-26-27-28-29-30-31-32-33-34-35-36-37-38-39-40-41-43-44-47-50-53-56-59-62-68(71)74-65-66(64-73-67(70)61-58-55-52-49-46-21-18-15-12-9-6-3)75-69(72)63-60-57-54-51-48-45-42-25-23-20-17-14-11-8-5-2/h7,10,16-17,19-20,24-26,28-29,42,66H,4-6,8-9,11-15,18,21-23,27,30-41,43-65H2,1-3H3/b10-7-,19-16-,20-17-,26-24-,29-28-,42-25-. The van der Waals surface area contributed by atoms with Crippen molar-refractivity contribution in [2.75, 3.05) is 13.2 Å². The summed E-state index contributed by atoms with van der Waals surface area (Å²) in [6.45, 7) is 6.52. The van der Waals surface area contributed by atoms with E-state index in [2.05, 4.69) is 93.7 Å². The van der Waals surface area contributed by atoms with Gasteiger partial charge in [-0.3, -0.25) is 14.4 Å². The minimum absolute atomic E-state index is 0.0760. The molecule has 1 atom stereocenters. The molecule has 0 radical (unpaired) electrons. The lowest BCUT2D eigenvalue weighted by molar-refractivity contribution is -0.167. The molecule has 434 valence electrons. The topological polar surface area (TPSA) is 78.9 Å². The molecule has 0 amide bonds. The maximum atomic E-state index is 12.9. The van der Waals surface area contributed by atoms with Crippen LogP contribution in [0.5, 0.6) is 0 Å². The van der Waals surface area contributed by atoms with Crippen LogP contribution in [0, 0.1) is 0 Å². The van der Waals surface area contributed by atoms with E-state index in [0.29, 0.717) is 19.3 Å². The number of esters is 3. The van der Waals surface area contributed by atoms with E-state index in [-0.39, 0.29) is 31.1 Å². The number of carbonyl (C=O) groups excluding carboxylic acids is 3. The van der Waals surface area contributed by atoms with Crippen LogP contribution in [-0.4, -0.2) is 37.2 Å². The minimum atomic E-state index is -0.779. The molecule has 0 aliphatic carbocycles. The van der Waals surface area contributed by atoms with Gasteiger partial charge in [0, 0.05) is 19.3 Å². The molecule has 6 nitrogen and oxygen atoms in total. The van der Waals surface area contributed by atoms with E-state index in [9.17, 15) is 14.4 Å². The quantitative estimate of drug-likeness (QED) is 0.0261. The average Bonchev–Trinajstić information content (AvgIpc) is 3.41. The third-order valence-corrected chi connectivity index (χ3v) is 14.2. The predicted octanol–water partition coefficient (Wildman–Crippen LogP) is 22.1. The lowest BCUT2D eigenvalue weighted by atomic mass is 10.0. The van der Waals surface area contributed by atoms with Crippen LogP contribution in [0.1, 0.15) is 329 Å². The van der Waals surface area contributed by atoms with E-state index in [1.54, 1.807) is 0 Å². The van der Waals surface area contributed by atoms with Gasteiger partial charge in [-0.2, -0.15) is 0 Å². The van der Waals surface area contributed by atoms with Crippen LogP contribution in [-0.2, 0) is 28.6 Å². The summed E-state index contributed by atoms with van der Waals surface area (Å²) < 4.78 is 16.9. The zero-order valence-electron chi connectivity index (χ0n) is 49.8. The minimum Gasteiger partial charge on any atom is -0.462 e. The van der Waals surface area contributed by atoms with Gasteiger partial charge in [0.1, 0.15) is 13.2 Å². The molecule has 0 heterocycles. The molecule has 0 aliphatic heterocycles. The lowest BCUT2D eigenvalue weighted by Gasteiger charge is -2.18. The van der Waals surface area contributed by atoms with Crippen LogP contribution >= 0.6 is 0 Å². The summed E-state index contributed by atoms with van der Waals surface area (Å²) >= 11 is 0. The van der Waals surface area contributed by atoms with E-state index >= 15 is 0 Å². The molecule has 0 spiro atoms. The Morgan fingerprint density at radius 2 is 0.520 bits per heavy atom. The van der Waals surface area contributed by atoms with Crippen molar-refractivity contribution in [3.8, 4) is 0 Å². The second-order valence-electron chi connectivity index (χ2n) is 21.6. The van der Waals surface area contributed by atoms with Gasteiger partial charge in [-0.05, 0) is 89.9 Å². The molecule has 0 fully saturated rings. The van der Waals surface area contributed by atoms with Crippen LogP contribution in [0.2, 0.25) is 0 Å². The van der Waals surface area contributed by atoms with Crippen LogP contribution in [0.3, 0.4) is 0 Å². The summed E-state index contributed by atoms with van der Waals surface area (Å²) in [6, 6.07) is 0. The average molecular weight is 1050 g/mol. The van der Waals surface area contributed by atoms with Crippen molar-refractivity contribution in [1.29, 1.82) is 0 Å². The number of ether oxygens (including phenoxy) is 3. The molecule has 0 bridgehead atoms. The summed E-state index contributed by atoms with van der Waals surface area (Å²) in [5.41, 5.74) is 0. The Balaban J connectivity index is 4.13. The van der Waals surface area contributed by atoms with E-state index in [4.69, 9.17) is 14.2 Å². The first-order chi connectivity index (χ1) is 37.0. The van der Waals surface area contributed by atoms with E-state index < -0.39 is 6.10 Å². The van der Waals surface area contributed by atoms with Gasteiger partial charge in [-0.25, -0.2) is 0 Å². The third-order valence-electron chi connectivity index (χ3n) is 14.2. The van der Waals surface area contributed by atoms with Crippen molar-refractivity contribution in [3.05, 3.63) is 72.9 Å². The van der Waals surface area contributed by atoms with E-state index in [0.717, 1.165) is 109 Å². The number of allylic oxidation sites excluding steroid dienone is 12. The zero-order valence-corrected chi connectivity index (χ0v) is 49.8. The molecule has 0 aliphatic rings. The Bertz CT molecular complexity index is 1390. The highest BCUT2D eigenvalue weighted by Gasteiger charge is 2.19. The fourth-order valence-electron chi connectivity index (χ4n) is 9.35. The Hall–Kier alpha value is -3.15. The number of carbonyl (C=O) groups is 3. The number of hydrogen-bond acceptors (Lipinski definition) is 6. The highest BCUT2D eigenvalue weighted by molar-refractivity contribution is 5.71. The van der Waals surface area contributed by atoms with Crippen molar-refractivity contribution >= 4 is 17.9 Å². The molecule has 75 heavy (non-hydrogen) atoms. The maximum Gasteiger partial charge on any atom is 0.306 e. The highest BCUT2D eigenvalue weighted by atomic mass is 16.6. The first-order valence-electron chi connectivity index (χ1n) is 32.4. The summed E-state index contributed by atoms with van der Waals surface area (Å²) in [5.74, 6) is -0.875. The van der Waals surface area contributed by atoms with Gasteiger partial charge in [0.15, 0.2) is 6.10 Å². The van der Waals surface area contributed by atoms with Gasteiger partial charge in [-0.15, -0.1) is 0 Å². The van der Waals surface area contributed by atoms with Crippen molar-refractivity contribution in [2.45, 2.75) is 335 Å². The summed E-state index contributed by atoms with van der Waals surface area (Å²) in [5, 5.41) is 0. The van der Waals surface area contributed by atoms with Crippen LogP contribution in [0.25, 0.3) is 0 Å². The van der Waals surface area contributed by atoms with E-state index in [1.165, 1.54) is 180 Å².